The molecule has 0 radical (unpaired) electrons. The molecule has 1 saturated carbocycles. The van der Waals surface area contributed by atoms with Gasteiger partial charge in [0.1, 0.15) is 0 Å². The Morgan fingerprint density at radius 3 is 2.56 bits per heavy atom. The highest BCUT2D eigenvalue weighted by Gasteiger charge is 2.46. The molecule has 1 saturated heterocycles. The smallest absolute Gasteiger partial charge is 0.305 e. The monoisotopic (exact) mass is 470 g/mol. The van der Waals surface area contributed by atoms with Crippen molar-refractivity contribution in [3.05, 3.63) is 12.2 Å². The molecule has 0 amide bonds. The largest absolute Gasteiger partial charge is 0.469 e. The van der Waals surface area contributed by atoms with Gasteiger partial charge in [-0.1, -0.05) is 32.9 Å². The van der Waals surface area contributed by atoms with E-state index in [0.717, 1.165) is 45.1 Å². The van der Waals surface area contributed by atoms with E-state index in [1.807, 2.05) is 0 Å². The highest BCUT2D eigenvalue weighted by molar-refractivity contribution is 6.74. The van der Waals surface area contributed by atoms with E-state index in [1.165, 1.54) is 7.11 Å². The molecule has 2 aliphatic rings. The van der Waals surface area contributed by atoms with Gasteiger partial charge >= 0.3 is 5.97 Å². The number of unbranched alkanes of at least 4 members (excludes halogenated alkanes) is 1. The number of hydrogen-bond donors (Lipinski definition) is 1. The third-order valence-electron chi connectivity index (χ3n) is 7.46. The molecule has 6 nitrogen and oxygen atoms in total. The molecule has 0 spiro atoms. The van der Waals surface area contributed by atoms with Crippen LogP contribution in [0.1, 0.15) is 72.1 Å². The van der Waals surface area contributed by atoms with Gasteiger partial charge in [0.25, 0.3) is 0 Å². The maximum Gasteiger partial charge on any atom is 0.305 e. The van der Waals surface area contributed by atoms with Crippen molar-refractivity contribution < 1.29 is 28.5 Å². The Morgan fingerprint density at radius 2 is 1.94 bits per heavy atom. The van der Waals surface area contributed by atoms with E-state index in [-0.39, 0.29) is 35.2 Å². The SMILES string of the molecule is COC(=O)CCC/C=C\C[C@@H]1[C@@H](CO[Si](C)(C)C(C)(C)C)[C@H](OC2CCCCO2)C[C@@H]1O. The van der Waals surface area contributed by atoms with Gasteiger partial charge in [-0.05, 0) is 62.6 Å². The normalized spacial score (nSPS) is 29.5. The molecule has 0 aromatic heterocycles. The van der Waals surface area contributed by atoms with Gasteiger partial charge in [-0.2, -0.15) is 0 Å². The van der Waals surface area contributed by atoms with Crippen LogP contribution in [-0.2, 0) is 23.4 Å². The van der Waals surface area contributed by atoms with Crippen molar-refractivity contribution in [3.63, 3.8) is 0 Å². The zero-order valence-corrected chi connectivity index (χ0v) is 22.1. The van der Waals surface area contributed by atoms with Crippen LogP contribution in [0.15, 0.2) is 12.2 Å². The van der Waals surface area contributed by atoms with Crippen molar-refractivity contribution in [1.29, 1.82) is 0 Å². The first-order valence-electron chi connectivity index (χ1n) is 12.4. The lowest BCUT2D eigenvalue weighted by atomic mass is 9.91. The number of aliphatic hydroxyl groups excluding tert-OH is 1. The molecular weight excluding hydrogens is 424 g/mol. The number of carbonyl (C=O) groups excluding carboxylic acids is 1. The van der Waals surface area contributed by atoms with E-state index >= 15 is 0 Å². The van der Waals surface area contributed by atoms with Crippen molar-refractivity contribution in [2.24, 2.45) is 11.8 Å². The topological polar surface area (TPSA) is 74.2 Å². The fraction of sp³-hybridized carbons (Fsp3) is 0.880. The second kappa shape index (κ2) is 12.7. The number of aliphatic hydroxyl groups is 1. The Bertz CT molecular complexity index is 594. The zero-order chi connectivity index (χ0) is 23.8. The quantitative estimate of drug-likeness (QED) is 0.193. The molecule has 0 aromatic carbocycles. The first-order chi connectivity index (χ1) is 15.0. The molecule has 0 aromatic rings. The Hall–Kier alpha value is -0.733. The molecule has 1 unspecified atom stereocenters. The lowest BCUT2D eigenvalue weighted by molar-refractivity contribution is -0.197. The van der Waals surface area contributed by atoms with Gasteiger partial charge in [-0.3, -0.25) is 4.79 Å². The van der Waals surface area contributed by atoms with Gasteiger partial charge in [-0.15, -0.1) is 0 Å². The Labute approximate surface area is 196 Å². The molecule has 1 aliphatic carbocycles. The van der Waals surface area contributed by atoms with Crippen molar-refractivity contribution in [1.82, 2.24) is 0 Å². The van der Waals surface area contributed by atoms with Crippen molar-refractivity contribution in [2.75, 3.05) is 20.3 Å². The summed E-state index contributed by atoms with van der Waals surface area (Å²) in [6.45, 7) is 12.7. The summed E-state index contributed by atoms with van der Waals surface area (Å²) in [4.78, 5) is 11.2. The predicted octanol–water partition coefficient (Wildman–Crippen LogP) is 5.21. The summed E-state index contributed by atoms with van der Waals surface area (Å²) in [7, 11) is -0.480. The molecule has 5 atom stereocenters. The average Bonchev–Trinajstić information content (AvgIpc) is 3.02. The maximum absolute atomic E-state index is 11.2. The summed E-state index contributed by atoms with van der Waals surface area (Å²) in [6, 6.07) is 0. The number of rotatable bonds is 11. The van der Waals surface area contributed by atoms with E-state index in [1.54, 1.807) is 0 Å². The van der Waals surface area contributed by atoms with E-state index in [2.05, 4.69) is 50.8 Å². The molecule has 1 N–H and O–H groups in total. The minimum absolute atomic E-state index is 0.0457. The van der Waals surface area contributed by atoms with Crippen LogP contribution >= 0.6 is 0 Å². The van der Waals surface area contributed by atoms with Crippen LogP contribution in [0.3, 0.4) is 0 Å². The molecular formula is C25H46O6Si. The van der Waals surface area contributed by atoms with E-state index in [0.29, 0.717) is 19.4 Å². The Balaban J connectivity index is 1.99. The third-order valence-corrected chi connectivity index (χ3v) is 12.0. The molecule has 2 fully saturated rings. The van der Waals surface area contributed by atoms with Crippen LogP contribution in [-0.4, -0.2) is 58.2 Å². The second-order valence-electron chi connectivity index (χ2n) is 10.8. The van der Waals surface area contributed by atoms with Gasteiger partial charge in [0, 0.05) is 32.0 Å². The van der Waals surface area contributed by atoms with E-state index in [4.69, 9.17) is 13.9 Å². The van der Waals surface area contributed by atoms with E-state index in [9.17, 15) is 9.90 Å². The standard InChI is InChI=1S/C25H46O6Si/c1-25(2,3)32(5,6)30-18-20-19(13-9-7-8-10-14-23(27)28-4)21(26)17-22(20)31-24-15-11-12-16-29-24/h7,9,19-22,24,26H,8,10-18H2,1-6H3/b9-7-/t19-,20-,21+,22-,24?/m1/s1. The number of esters is 1. The lowest BCUT2D eigenvalue weighted by Crippen LogP contribution is -2.44. The molecule has 1 aliphatic heterocycles. The minimum Gasteiger partial charge on any atom is -0.469 e. The summed E-state index contributed by atoms with van der Waals surface area (Å²) in [5.74, 6) is 0.0759. The first kappa shape index (κ1) is 27.5. The summed E-state index contributed by atoms with van der Waals surface area (Å²) >= 11 is 0. The number of carbonyl (C=O) groups is 1. The highest BCUT2D eigenvalue weighted by Crippen LogP contribution is 2.42. The van der Waals surface area contributed by atoms with Gasteiger partial charge < -0.3 is 23.7 Å². The molecule has 2 rings (SSSR count). The summed E-state index contributed by atoms with van der Waals surface area (Å²) in [5, 5.41) is 11.0. The number of allylic oxidation sites excluding steroid dienone is 2. The number of ether oxygens (including phenoxy) is 3. The number of methoxy groups -OCH3 is 1. The lowest BCUT2D eigenvalue weighted by Gasteiger charge is -2.38. The summed E-state index contributed by atoms with van der Waals surface area (Å²) in [5.41, 5.74) is 0. The summed E-state index contributed by atoms with van der Waals surface area (Å²) < 4.78 is 23.5. The minimum atomic E-state index is -1.90. The van der Waals surface area contributed by atoms with Gasteiger partial charge in [-0.25, -0.2) is 0 Å². The van der Waals surface area contributed by atoms with Crippen LogP contribution in [0.2, 0.25) is 18.1 Å². The fourth-order valence-electron chi connectivity index (χ4n) is 4.24. The molecule has 0 bridgehead atoms. The molecule has 1 heterocycles. The van der Waals surface area contributed by atoms with E-state index < -0.39 is 14.4 Å². The van der Waals surface area contributed by atoms with Crippen molar-refractivity contribution in [2.45, 2.75) is 109 Å². The molecule has 186 valence electrons. The maximum atomic E-state index is 11.2. The van der Waals surface area contributed by atoms with Crippen molar-refractivity contribution in [3.8, 4) is 0 Å². The predicted molar refractivity (Wildman–Crippen MR) is 129 cm³/mol. The number of hydrogen-bond acceptors (Lipinski definition) is 6. The highest BCUT2D eigenvalue weighted by atomic mass is 28.4. The molecule has 32 heavy (non-hydrogen) atoms. The van der Waals surface area contributed by atoms with Gasteiger partial charge in [0.05, 0.1) is 19.3 Å². The van der Waals surface area contributed by atoms with Crippen LogP contribution in [0.4, 0.5) is 0 Å². The van der Waals surface area contributed by atoms with Crippen LogP contribution in [0, 0.1) is 11.8 Å². The van der Waals surface area contributed by atoms with Gasteiger partial charge in [0.2, 0.25) is 0 Å². The second-order valence-corrected chi connectivity index (χ2v) is 15.7. The Kier molecular flexibility index (Phi) is 10.9. The zero-order valence-electron chi connectivity index (χ0n) is 21.1. The van der Waals surface area contributed by atoms with Crippen molar-refractivity contribution >= 4 is 14.3 Å². The first-order valence-corrected chi connectivity index (χ1v) is 15.3. The van der Waals surface area contributed by atoms with Crippen LogP contribution in [0.5, 0.6) is 0 Å². The summed E-state index contributed by atoms with van der Waals surface area (Å²) in [6.07, 6.45) is 10.2. The van der Waals surface area contributed by atoms with Crippen LogP contribution in [0.25, 0.3) is 0 Å². The van der Waals surface area contributed by atoms with Gasteiger partial charge in [0.15, 0.2) is 14.6 Å². The van der Waals surface area contributed by atoms with Crippen LogP contribution < -0.4 is 0 Å². The third kappa shape index (κ3) is 8.24. The Morgan fingerprint density at radius 1 is 1.19 bits per heavy atom. The molecule has 7 heteroatoms. The average molecular weight is 471 g/mol. The fourth-order valence-corrected chi connectivity index (χ4v) is 5.28.